The standard InChI is InChI=1S/C12H7N2/c1-2-6-10-9(5-1)13-11-7-3-4-8-12(11)14-10/h1-7H. The van der Waals surface area contributed by atoms with Crippen LogP contribution >= 0.6 is 0 Å². The van der Waals surface area contributed by atoms with Gasteiger partial charge in [0.1, 0.15) is 0 Å². The van der Waals surface area contributed by atoms with Crippen LogP contribution in [0.2, 0.25) is 0 Å². The van der Waals surface area contributed by atoms with E-state index >= 15 is 0 Å². The quantitative estimate of drug-likeness (QED) is 0.496. The fourth-order valence-corrected chi connectivity index (χ4v) is 1.50. The number of aromatic nitrogens is 2. The molecule has 0 aliphatic heterocycles. The van der Waals surface area contributed by atoms with Crippen LogP contribution < -0.4 is 0 Å². The van der Waals surface area contributed by atoms with Crippen molar-refractivity contribution in [3.05, 3.63) is 48.5 Å². The second-order valence-corrected chi connectivity index (χ2v) is 3.12. The summed E-state index contributed by atoms with van der Waals surface area (Å²) in [4.78, 5) is 8.94. The van der Waals surface area contributed by atoms with Gasteiger partial charge in [-0.25, -0.2) is 9.97 Å². The van der Waals surface area contributed by atoms with Crippen molar-refractivity contribution in [1.82, 2.24) is 9.97 Å². The molecule has 1 heterocycles. The molecule has 2 heteroatoms. The van der Waals surface area contributed by atoms with Gasteiger partial charge in [-0.05, 0) is 18.2 Å². The van der Waals surface area contributed by atoms with Crippen molar-refractivity contribution in [3.8, 4) is 0 Å². The Hall–Kier alpha value is -1.96. The lowest BCUT2D eigenvalue weighted by Crippen LogP contribution is -1.85. The highest BCUT2D eigenvalue weighted by Crippen LogP contribution is 2.14. The smallest absolute Gasteiger partial charge is 0.0973 e. The second-order valence-electron chi connectivity index (χ2n) is 3.12. The lowest BCUT2D eigenvalue weighted by Gasteiger charge is -1.98. The van der Waals surface area contributed by atoms with Crippen molar-refractivity contribution in [1.29, 1.82) is 0 Å². The maximum absolute atomic E-state index is 4.48. The zero-order chi connectivity index (χ0) is 9.38. The van der Waals surface area contributed by atoms with Crippen LogP contribution in [0.4, 0.5) is 0 Å². The summed E-state index contributed by atoms with van der Waals surface area (Å²) in [7, 11) is 0. The van der Waals surface area contributed by atoms with E-state index < -0.39 is 0 Å². The molecule has 0 spiro atoms. The molecule has 2 aromatic carbocycles. The number of nitrogens with zero attached hydrogens (tertiary/aromatic N) is 2. The van der Waals surface area contributed by atoms with E-state index in [1.54, 1.807) is 0 Å². The first kappa shape index (κ1) is 7.44. The van der Waals surface area contributed by atoms with E-state index in [0.717, 1.165) is 22.1 Å². The molecule has 3 aromatic rings. The van der Waals surface area contributed by atoms with E-state index in [4.69, 9.17) is 0 Å². The van der Waals surface area contributed by atoms with Gasteiger partial charge < -0.3 is 0 Å². The molecule has 1 aromatic heterocycles. The number of hydrogen-bond donors (Lipinski definition) is 0. The summed E-state index contributed by atoms with van der Waals surface area (Å²) in [6.07, 6.45) is 0. The van der Waals surface area contributed by atoms with E-state index in [1.165, 1.54) is 0 Å². The third-order valence-electron chi connectivity index (χ3n) is 2.17. The van der Waals surface area contributed by atoms with E-state index in [0.29, 0.717) is 0 Å². The molecule has 0 aliphatic carbocycles. The highest BCUT2D eigenvalue weighted by atomic mass is 14.8. The van der Waals surface area contributed by atoms with Gasteiger partial charge in [0.2, 0.25) is 0 Å². The van der Waals surface area contributed by atoms with E-state index in [2.05, 4.69) is 16.0 Å². The molecule has 3 rings (SSSR count). The Bertz CT molecular complexity index is 497. The molecule has 0 aliphatic rings. The van der Waals surface area contributed by atoms with Crippen LogP contribution in [-0.2, 0) is 0 Å². The highest BCUT2D eigenvalue weighted by Gasteiger charge is 1.98. The van der Waals surface area contributed by atoms with Gasteiger partial charge in [-0.3, -0.25) is 0 Å². The van der Waals surface area contributed by atoms with Crippen LogP contribution in [0.3, 0.4) is 0 Å². The highest BCUT2D eigenvalue weighted by molar-refractivity contribution is 5.85. The molecule has 0 fully saturated rings. The summed E-state index contributed by atoms with van der Waals surface area (Å²) in [5.74, 6) is 0. The number of benzene rings is 2. The minimum Gasteiger partial charge on any atom is -0.244 e. The maximum atomic E-state index is 4.48. The average molecular weight is 179 g/mol. The van der Waals surface area contributed by atoms with Crippen LogP contribution in [0.1, 0.15) is 0 Å². The van der Waals surface area contributed by atoms with Crippen molar-refractivity contribution >= 4 is 22.1 Å². The summed E-state index contributed by atoms with van der Waals surface area (Å²) in [5.41, 5.74) is 3.57. The van der Waals surface area contributed by atoms with Gasteiger partial charge in [-0.15, -0.1) is 0 Å². The SMILES string of the molecule is [c]1cccc2nc3ccccc3nc12. The molecular weight excluding hydrogens is 172 g/mol. The molecule has 0 bridgehead atoms. The summed E-state index contributed by atoms with van der Waals surface area (Å²) >= 11 is 0. The van der Waals surface area contributed by atoms with Gasteiger partial charge in [-0.2, -0.15) is 0 Å². The number of hydrogen-bond acceptors (Lipinski definition) is 2. The molecule has 1 radical (unpaired) electrons. The van der Waals surface area contributed by atoms with Crippen LogP contribution in [0.25, 0.3) is 22.1 Å². The fourth-order valence-electron chi connectivity index (χ4n) is 1.50. The average Bonchev–Trinajstić information content (AvgIpc) is 2.26. The topological polar surface area (TPSA) is 25.8 Å². The zero-order valence-corrected chi connectivity index (χ0v) is 7.44. The van der Waals surface area contributed by atoms with Crippen molar-refractivity contribution < 1.29 is 0 Å². The van der Waals surface area contributed by atoms with Crippen molar-refractivity contribution in [2.24, 2.45) is 0 Å². The second kappa shape index (κ2) is 2.77. The van der Waals surface area contributed by atoms with Gasteiger partial charge in [0.15, 0.2) is 0 Å². The molecular formula is C12H7N2. The Morgan fingerprint density at radius 1 is 0.786 bits per heavy atom. The fraction of sp³-hybridized carbons (Fsp3) is 0. The number of fused-ring (bicyclic) bond motifs is 2. The number of para-hydroxylation sites is 3. The summed E-state index contributed by atoms with van der Waals surface area (Å²) in [6.45, 7) is 0. The largest absolute Gasteiger partial charge is 0.244 e. The molecule has 0 N–H and O–H groups in total. The van der Waals surface area contributed by atoms with Gasteiger partial charge in [0.05, 0.1) is 22.1 Å². The first-order valence-corrected chi connectivity index (χ1v) is 4.47. The lowest BCUT2D eigenvalue weighted by atomic mass is 10.2. The molecule has 0 atom stereocenters. The van der Waals surface area contributed by atoms with E-state index in [1.807, 2.05) is 42.5 Å². The Balaban J connectivity index is 2.52. The van der Waals surface area contributed by atoms with Gasteiger partial charge in [0.25, 0.3) is 0 Å². The molecule has 0 unspecified atom stereocenters. The van der Waals surface area contributed by atoms with Gasteiger partial charge in [0, 0.05) is 6.07 Å². The van der Waals surface area contributed by atoms with Crippen LogP contribution in [0.15, 0.2) is 42.5 Å². The van der Waals surface area contributed by atoms with E-state index in [9.17, 15) is 0 Å². The maximum Gasteiger partial charge on any atom is 0.0973 e. The first-order chi connectivity index (χ1) is 6.93. The Morgan fingerprint density at radius 2 is 1.50 bits per heavy atom. The minimum absolute atomic E-state index is 0.825. The molecule has 0 saturated heterocycles. The molecule has 65 valence electrons. The predicted octanol–water partition coefficient (Wildman–Crippen LogP) is 2.58. The molecule has 0 saturated carbocycles. The third-order valence-corrected chi connectivity index (χ3v) is 2.17. The monoisotopic (exact) mass is 179 g/mol. The van der Waals surface area contributed by atoms with Crippen LogP contribution in [-0.4, -0.2) is 9.97 Å². The third kappa shape index (κ3) is 1.04. The summed E-state index contributed by atoms with van der Waals surface area (Å²) in [6, 6.07) is 16.7. The minimum atomic E-state index is 0.825. The summed E-state index contributed by atoms with van der Waals surface area (Å²) < 4.78 is 0. The normalized spacial score (nSPS) is 10.9. The predicted molar refractivity (Wildman–Crippen MR) is 55.9 cm³/mol. The molecule has 2 nitrogen and oxygen atoms in total. The van der Waals surface area contributed by atoms with Crippen LogP contribution in [0, 0.1) is 6.07 Å². The van der Waals surface area contributed by atoms with Gasteiger partial charge >= 0.3 is 0 Å². The first-order valence-electron chi connectivity index (χ1n) is 4.47. The van der Waals surface area contributed by atoms with Crippen molar-refractivity contribution in [2.75, 3.05) is 0 Å². The molecule has 14 heavy (non-hydrogen) atoms. The van der Waals surface area contributed by atoms with Crippen LogP contribution in [0.5, 0.6) is 0 Å². The Morgan fingerprint density at radius 3 is 2.36 bits per heavy atom. The number of rotatable bonds is 0. The summed E-state index contributed by atoms with van der Waals surface area (Å²) in [5, 5.41) is 0. The zero-order valence-electron chi connectivity index (χ0n) is 7.44. The lowest BCUT2D eigenvalue weighted by molar-refractivity contribution is 1.39. The Kier molecular flexibility index (Phi) is 1.47. The van der Waals surface area contributed by atoms with Crippen molar-refractivity contribution in [3.63, 3.8) is 0 Å². The Labute approximate surface area is 81.2 Å². The van der Waals surface area contributed by atoms with Crippen molar-refractivity contribution in [2.45, 2.75) is 0 Å². The van der Waals surface area contributed by atoms with Gasteiger partial charge in [-0.1, -0.05) is 24.3 Å². The van der Waals surface area contributed by atoms with E-state index in [-0.39, 0.29) is 0 Å². The molecule has 0 amide bonds.